The lowest BCUT2D eigenvalue weighted by Gasteiger charge is -2.09. The van der Waals surface area contributed by atoms with Crippen molar-refractivity contribution in [3.63, 3.8) is 0 Å². The number of fused-ring (bicyclic) bond motifs is 1. The van der Waals surface area contributed by atoms with E-state index in [0.29, 0.717) is 19.0 Å². The number of aromatic nitrogens is 2. The van der Waals surface area contributed by atoms with E-state index in [1.165, 1.54) is 0 Å². The number of hydrogen-bond acceptors (Lipinski definition) is 4. The van der Waals surface area contributed by atoms with Crippen molar-refractivity contribution in [3.05, 3.63) is 30.0 Å². The maximum Gasteiger partial charge on any atom is 0.356 e. The normalized spacial score (nSPS) is 18.0. The molecule has 6 heteroatoms. The van der Waals surface area contributed by atoms with Gasteiger partial charge in [0.05, 0.1) is 18.9 Å². The lowest BCUT2D eigenvalue weighted by Crippen LogP contribution is -2.17. The molecule has 1 aliphatic heterocycles. The van der Waals surface area contributed by atoms with Crippen LogP contribution in [0.1, 0.15) is 23.3 Å². The predicted molar refractivity (Wildman–Crippen MR) is 78.3 cm³/mol. The Hall–Kier alpha value is -2.50. The van der Waals surface area contributed by atoms with E-state index in [1.54, 1.807) is 17.8 Å². The highest BCUT2D eigenvalue weighted by Crippen LogP contribution is 2.49. The maximum atomic E-state index is 11.0. The SMILES string of the molecule is Cn1nc(C(=O)O)cc1-c1ccc2c(c1)OCC1(CC1)CO2. The minimum atomic E-state index is -1.04. The summed E-state index contributed by atoms with van der Waals surface area (Å²) >= 11 is 0. The van der Waals surface area contributed by atoms with Crippen molar-refractivity contribution in [2.75, 3.05) is 13.2 Å². The number of aromatic carboxylic acids is 1. The maximum absolute atomic E-state index is 11.0. The smallest absolute Gasteiger partial charge is 0.356 e. The summed E-state index contributed by atoms with van der Waals surface area (Å²) in [6, 6.07) is 7.22. The Morgan fingerprint density at radius 3 is 2.59 bits per heavy atom. The molecular formula is C16H16N2O4. The van der Waals surface area contributed by atoms with Crippen molar-refractivity contribution in [2.24, 2.45) is 12.5 Å². The predicted octanol–water partition coefficient (Wildman–Crippen LogP) is 2.34. The van der Waals surface area contributed by atoms with E-state index in [9.17, 15) is 4.79 Å². The molecule has 1 aliphatic carbocycles. The molecule has 0 saturated heterocycles. The van der Waals surface area contributed by atoms with Crippen LogP contribution in [0.5, 0.6) is 11.5 Å². The van der Waals surface area contributed by atoms with Gasteiger partial charge < -0.3 is 14.6 Å². The molecule has 0 bridgehead atoms. The number of ether oxygens (including phenoxy) is 2. The van der Waals surface area contributed by atoms with E-state index in [1.807, 2.05) is 18.2 Å². The van der Waals surface area contributed by atoms with Crippen LogP contribution in [0.3, 0.4) is 0 Å². The number of carboxylic acid groups (broad SMARTS) is 1. The number of hydrogen-bond donors (Lipinski definition) is 1. The molecule has 0 radical (unpaired) electrons. The molecule has 1 N–H and O–H groups in total. The first-order valence-electron chi connectivity index (χ1n) is 7.24. The molecule has 1 aromatic carbocycles. The third-order valence-corrected chi connectivity index (χ3v) is 4.36. The highest BCUT2D eigenvalue weighted by molar-refractivity contribution is 5.87. The van der Waals surface area contributed by atoms with E-state index in [2.05, 4.69) is 5.10 Å². The Labute approximate surface area is 127 Å². The molecule has 4 rings (SSSR count). The third kappa shape index (κ3) is 2.11. The molecule has 2 heterocycles. The fourth-order valence-electron chi connectivity index (χ4n) is 2.71. The lowest BCUT2D eigenvalue weighted by molar-refractivity contribution is 0.0689. The second-order valence-corrected chi connectivity index (χ2v) is 6.08. The van der Waals surface area contributed by atoms with Gasteiger partial charge in [0.25, 0.3) is 0 Å². The van der Waals surface area contributed by atoms with Gasteiger partial charge in [0.1, 0.15) is 0 Å². The summed E-state index contributed by atoms with van der Waals surface area (Å²) in [4.78, 5) is 11.0. The second kappa shape index (κ2) is 4.50. The van der Waals surface area contributed by atoms with Crippen LogP contribution in [0.2, 0.25) is 0 Å². The Kier molecular flexibility index (Phi) is 2.69. The molecular weight excluding hydrogens is 284 g/mol. The number of carboxylic acids is 1. The molecule has 1 aromatic heterocycles. The summed E-state index contributed by atoms with van der Waals surface area (Å²) in [5, 5.41) is 13.0. The molecule has 1 spiro atoms. The fraction of sp³-hybridized carbons (Fsp3) is 0.375. The Balaban J connectivity index is 1.69. The monoisotopic (exact) mass is 300 g/mol. The van der Waals surface area contributed by atoms with E-state index in [4.69, 9.17) is 14.6 Å². The topological polar surface area (TPSA) is 73.6 Å². The first kappa shape index (κ1) is 13.2. The van der Waals surface area contributed by atoms with Crippen molar-refractivity contribution in [1.82, 2.24) is 9.78 Å². The van der Waals surface area contributed by atoms with Gasteiger partial charge in [-0.05, 0) is 37.1 Å². The summed E-state index contributed by atoms with van der Waals surface area (Å²) in [6.45, 7) is 1.38. The van der Waals surface area contributed by atoms with Crippen molar-refractivity contribution in [3.8, 4) is 22.8 Å². The number of aryl methyl sites for hydroxylation is 1. The van der Waals surface area contributed by atoms with Crippen LogP contribution in [0.4, 0.5) is 0 Å². The van der Waals surface area contributed by atoms with E-state index in [0.717, 1.165) is 29.8 Å². The average molecular weight is 300 g/mol. The zero-order valence-electron chi connectivity index (χ0n) is 12.2. The average Bonchev–Trinajstić information content (AvgIpc) is 3.21. The molecule has 114 valence electrons. The minimum absolute atomic E-state index is 0.0292. The van der Waals surface area contributed by atoms with Crippen molar-refractivity contribution >= 4 is 5.97 Å². The van der Waals surface area contributed by atoms with Gasteiger partial charge >= 0.3 is 5.97 Å². The van der Waals surface area contributed by atoms with Gasteiger partial charge in [-0.2, -0.15) is 5.10 Å². The molecule has 1 fully saturated rings. The molecule has 1 saturated carbocycles. The van der Waals surface area contributed by atoms with Crippen LogP contribution >= 0.6 is 0 Å². The zero-order chi connectivity index (χ0) is 15.3. The minimum Gasteiger partial charge on any atom is -0.489 e. The summed E-state index contributed by atoms with van der Waals surface area (Å²) in [5.41, 5.74) is 1.81. The van der Waals surface area contributed by atoms with Gasteiger partial charge in [-0.1, -0.05) is 0 Å². The van der Waals surface area contributed by atoms with Gasteiger partial charge in [0, 0.05) is 18.0 Å². The van der Waals surface area contributed by atoms with E-state index < -0.39 is 5.97 Å². The van der Waals surface area contributed by atoms with E-state index in [-0.39, 0.29) is 11.1 Å². The first-order chi connectivity index (χ1) is 10.6. The van der Waals surface area contributed by atoms with Crippen molar-refractivity contribution in [1.29, 1.82) is 0 Å². The number of nitrogens with zero attached hydrogens (tertiary/aromatic N) is 2. The second-order valence-electron chi connectivity index (χ2n) is 6.08. The Bertz CT molecular complexity index is 762. The highest BCUT2D eigenvalue weighted by atomic mass is 16.5. The molecule has 0 amide bonds. The molecule has 0 atom stereocenters. The first-order valence-corrected chi connectivity index (χ1v) is 7.24. The van der Waals surface area contributed by atoms with Crippen LogP contribution in [-0.2, 0) is 7.05 Å². The lowest BCUT2D eigenvalue weighted by atomic mass is 10.1. The highest BCUT2D eigenvalue weighted by Gasteiger charge is 2.46. The number of benzene rings is 1. The molecule has 6 nitrogen and oxygen atoms in total. The van der Waals surface area contributed by atoms with E-state index >= 15 is 0 Å². The van der Waals surface area contributed by atoms with Gasteiger partial charge in [0.15, 0.2) is 17.2 Å². The number of rotatable bonds is 2. The summed E-state index contributed by atoms with van der Waals surface area (Å²) in [6.07, 6.45) is 2.30. The van der Waals surface area contributed by atoms with Gasteiger partial charge in [-0.25, -0.2) is 4.79 Å². The van der Waals surface area contributed by atoms with Crippen LogP contribution in [-0.4, -0.2) is 34.1 Å². The molecule has 2 aromatic rings. The van der Waals surface area contributed by atoms with Crippen molar-refractivity contribution < 1.29 is 19.4 Å². The standard InChI is InChI=1S/C16H16N2O4/c1-18-12(7-11(17-18)15(19)20)10-2-3-13-14(6-10)22-9-16(4-5-16)8-21-13/h2-3,6-7H,4-5,8-9H2,1H3,(H,19,20). The van der Waals surface area contributed by atoms with Crippen LogP contribution in [0.25, 0.3) is 11.3 Å². The van der Waals surface area contributed by atoms with Crippen LogP contribution < -0.4 is 9.47 Å². The van der Waals surface area contributed by atoms with Gasteiger partial charge in [0.2, 0.25) is 0 Å². The Morgan fingerprint density at radius 2 is 1.95 bits per heavy atom. The Morgan fingerprint density at radius 1 is 1.23 bits per heavy atom. The quantitative estimate of drug-likeness (QED) is 0.921. The van der Waals surface area contributed by atoms with Crippen LogP contribution in [0.15, 0.2) is 24.3 Å². The zero-order valence-corrected chi connectivity index (χ0v) is 12.2. The molecule has 22 heavy (non-hydrogen) atoms. The van der Waals surface area contributed by atoms with Gasteiger partial charge in [-0.15, -0.1) is 0 Å². The van der Waals surface area contributed by atoms with Crippen LogP contribution in [0, 0.1) is 5.41 Å². The molecule has 0 unspecified atom stereocenters. The summed E-state index contributed by atoms with van der Waals surface area (Å²) < 4.78 is 13.3. The largest absolute Gasteiger partial charge is 0.489 e. The summed E-state index contributed by atoms with van der Waals surface area (Å²) in [5.74, 6) is 0.416. The fourth-order valence-corrected chi connectivity index (χ4v) is 2.71. The molecule has 2 aliphatic rings. The summed E-state index contributed by atoms with van der Waals surface area (Å²) in [7, 11) is 1.73. The third-order valence-electron chi connectivity index (χ3n) is 4.36. The van der Waals surface area contributed by atoms with Gasteiger partial charge in [-0.3, -0.25) is 4.68 Å². The van der Waals surface area contributed by atoms with Crippen molar-refractivity contribution in [2.45, 2.75) is 12.8 Å². The number of carbonyl (C=O) groups is 1.